The van der Waals surface area contributed by atoms with Crippen LogP contribution < -0.4 is 5.32 Å². The fraction of sp³-hybridized carbons (Fsp3) is 0.200. The molecule has 2 N–H and O–H groups in total. The van der Waals surface area contributed by atoms with E-state index < -0.39 is 11.9 Å². The van der Waals surface area contributed by atoms with Crippen LogP contribution in [0.2, 0.25) is 0 Å². The molecular weight excluding hydrogens is 309 g/mol. The Hall–Kier alpha value is -1.11. The Labute approximate surface area is 99.8 Å². The number of fused-ring (bicyclic) bond motifs is 1. The van der Waals surface area contributed by atoms with Crippen molar-refractivity contribution in [2.75, 3.05) is 5.32 Å². The zero-order chi connectivity index (χ0) is 11.0. The van der Waals surface area contributed by atoms with Crippen LogP contribution in [-0.4, -0.2) is 17.0 Å². The summed E-state index contributed by atoms with van der Waals surface area (Å²) in [6.45, 7) is 0. The Morgan fingerprint density at radius 1 is 1.53 bits per heavy atom. The van der Waals surface area contributed by atoms with Gasteiger partial charge in [-0.3, -0.25) is 9.59 Å². The van der Waals surface area contributed by atoms with E-state index in [0.717, 1.165) is 14.8 Å². The Kier molecular flexibility index (Phi) is 2.64. The average molecular weight is 317 g/mol. The minimum Gasteiger partial charge on any atom is -0.481 e. The molecule has 1 aliphatic rings. The summed E-state index contributed by atoms with van der Waals surface area (Å²) in [7, 11) is 0. The number of carbonyl (C=O) groups is 2. The van der Waals surface area contributed by atoms with E-state index in [-0.39, 0.29) is 12.3 Å². The third-order valence-electron chi connectivity index (χ3n) is 2.36. The van der Waals surface area contributed by atoms with Gasteiger partial charge in [0.25, 0.3) is 0 Å². The SMILES string of the molecule is O=C(O)CC1C(=O)Nc2c(I)cccc21. The number of hydrogen-bond acceptors (Lipinski definition) is 2. The minimum atomic E-state index is -0.957. The lowest BCUT2D eigenvalue weighted by molar-refractivity contribution is -0.138. The van der Waals surface area contributed by atoms with Crippen molar-refractivity contribution in [1.82, 2.24) is 0 Å². The fourth-order valence-corrected chi connectivity index (χ4v) is 2.35. The molecule has 1 aromatic carbocycles. The van der Waals surface area contributed by atoms with E-state index in [9.17, 15) is 9.59 Å². The van der Waals surface area contributed by atoms with Crippen molar-refractivity contribution in [1.29, 1.82) is 0 Å². The van der Waals surface area contributed by atoms with Crippen LogP contribution in [0.5, 0.6) is 0 Å². The number of para-hydroxylation sites is 1. The quantitative estimate of drug-likeness (QED) is 0.818. The van der Waals surface area contributed by atoms with E-state index in [1.807, 2.05) is 12.1 Å². The Morgan fingerprint density at radius 3 is 2.93 bits per heavy atom. The number of carboxylic acids is 1. The van der Waals surface area contributed by atoms with Gasteiger partial charge in [-0.1, -0.05) is 12.1 Å². The molecule has 0 saturated heterocycles. The monoisotopic (exact) mass is 317 g/mol. The zero-order valence-corrected chi connectivity index (χ0v) is 9.82. The highest BCUT2D eigenvalue weighted by Gasteiger charge is 2.33. The molecule has 0 bridgehead atoms. The normalized spacial score (nSPS) is 18.5. The first-order valence-electron chi connectivity index (χ1n) is 4.40. The number of carboxylic acid groups (broad SMARTS) is 1. The smallest absolute Gasteiger partial charge is 0.304 e. The van der Waals surface area contributed by atoms with Gasteiger partial charge in [-0.25, -0.2) is 0 Å². The van der Waals surface area contributed by atoms with Crippen molar-refractivity contribution in [3.63, 3.8) is 0 Å². The van der Waals surface area contributed by atoms with Crippen LogP contribution in [0.25, 0.3) is 0 Å². The minimum absolute atomic E-state index is 0.154. The number of rotatable bonds is 2. The zero-order valence-electron chi connectivity index (χ0n) is 7.66. The van der Waals surface area contributed by atoms with Gasteiger partial charge < -0.3 is 10.4 Å². The van der Waals surface area contributed by atoms with Crippen molar-refractivity contribution in [2.24, 2.45) is 0 Å². The summed E-state index contributed by atoms with van der Waals surface area (Å²) in [6, 6.07) is 5.50. The van der Waals surface area contributed by atoms with Crippen LogP contribution in [0.15, 0.2) is 18.2 Å². The second kappa shape index (κ2) is 3.80. The van der Waals surface area contributed by atoms with E-state index in [1.54, 1.807) is 6.07 Å². The van der Waals surface area contributed by atoms with Crippen molar-refractivity contribution in [2.45, 2.75) is 12.3 Å². The predicted molar refractivity (Wildman–Crippen MR) is 62.8 cm³/mol. The Bertz CT molecular complexity index is 444. The molecule has 5 heteroatoms. The van der Waals surface area contributed by atoms with Gasteiger partial charge in [0.15, 0.2) is 0 Å². The second-order valence-electron chi connectivity index (χ2n) is 3.34. The number of hydrogen-bond donors (Lipinski definition) is 2. The summed E-state index contributed by atoms with van der Waals surface area (Å²) >= 11 is 2.12. The molecule has 78 valence electrons. The molecule has 0 radical (unpaired) electrons. The van der Waals surface area contributed by atoms with E-state index in [1.165, 1.54) is 0 Å². The molecule has 0 aliphatic carbocycles. The molecule has 1 aliphatic heterocycles. The number of nitrogens with one attached hydrogen (secondary N) is 1. The molecule has 2 rings (SSSR count). The highest BCUT2D eigenvalue weighted by atomic mass is 127. The summed E-state index contributed by atoms with van der Waals surface area (Å²) in [4.78, 5) is 22.2. The lowest BCUT2D eigenvalue weighted by atomic mass is 9.97. The molecule has 1 heterocycles. The maximum absolute atomic E-state index is 11.5. The van der Waals surface area contributed by atoms with Gasteiger partial charge in [-0.15, -0.1) is 0 Å². The second-order valence-corrected chi connectivity index (χ2v) is 4.51. The molecule has 4 nitrogen and oxygen atoms in total. The summed E-state index contributed by atoms with van der Waals surface area (Å²) in [5.74, 6) is -1.73. The third kappa shape index (κ3) is 1.83. The van der Waals surface area contributed by atoms with E-state index >= 15 is 0 Å². The van der Waals surface area contributed by atoms with Crippen molar-refractivity contribution >= 4 is 40.2 Å². The van der Waals surface area contributed by atoms with Crippen LogP contribution in [0, 0.1) is 3.57 Å². The van der Waals surface area contributed by atoms with Crippen LogP contribution in [-0.2, 0) is 9.59 Å². The molecule has 0 aromatic heterocycles. The third-order valence-corrected chi connectivity index (χ3v) is 3.26. The topological polar surface area (TPSA) is 66.4 Å². The predicted octanol–water partition coefficient (Wildman–Crippen LogP) is 1.80. The lowest BCUT2D eigenvalue weighted by Crippen LogP contribution is -2.15. The van der Waals surface area contributed by atoms with E-state index in [0.29, 0.717) is 0 Å². The van der Waals surface area contributed by atoms with Gasteiger partial charge in [0.05, 0.1) is 18.0 Å². The van der Waals surface area contributed by atoms with Crippen molar-refractivity contribution < 1.29 is 14.7 Å². The first kappa shape index (κ1) is 10.4. The largest absolute Gasteiger partial charge is 0.481 e. The van der Waals surface area contributed by atoms with Crippen LogP contribution in [0.1, 0.15) is 17.9 Å². The van der Waals surface area contributed by atoms with Crippen LogP contribution >= 0.6 is 22.6 Å². The average Bonchev–Trinajstić information content (AvgIpc) is 2.45. The fourth-order valence-electron chi connectivity index (χ4n) is 1.69. The van der Waals surface area contributed by atoms with E-state index in [2.05, 4.69) is 27.9 Å². The summed E-state index contributed by atoms with van der Waals surface area (Å²) in [5, 5.41) is 11.4. The summed E-state index contributed by atoms with van der Waals surface area (Å²) in [5.41, 5.74) is 1.55. The highest BCUT2D eigenvalue weighted by Crippen LogP contribution is 2.37. The van der Waals surface area contributed by atoms with Crippen molar-refractivity contribution in [3.8, 4) is 0 Å². The number of benzene rings is 1. The molecule has 0 spiro atoms. The molecule has 1 aromatic rings. The standard InChI is InChI=1S/C10H8INO3/c11-7-3-1-2-5-6(4-8(13)14)10(15)12-9(5)7/h1-3,6H,4H2,(H,12,15)(H,13,14). The number of carbonyl (C=O) groups excluding carboxylic acids is 1. The van der Waals surface area contributed by atoms with Crippen molar-refractivity contribution in [3.05, 3.63) is 27.3 Å². The van der Waals surface area contributed by atoms with E-state index in [4.69, 9.17) is 5.11 Å². The van der Waals surface area contributed by atoms with Gasteiger partial charge in [-0.05, 0) is 34.2 Å². The molecule has 1 amide bonds. The van der Waals surface area contributed by atoms with Crippen LogP contribution in [0.3, 0.4) is 0 Å². The Morgan fingerprint density at radius 2 is 2.27 bits per heavy atom. The maximum Gasteiger partial charge on any atom is 0.304 e. The van der Waals surface area contributed by atoms with Crippen LogP contribution in [0.4, 0.5) is 5.69 Å². The Balaban J connectivity index is 2.41. The number of anilines is 1. The number of aliphatic carboxylic acids is 1. The first-order valence-corrected chi connectivity index (χ1v) is 5.48. The maximum atomic E-state index is 11.5. The van der Waals surface area contributed by atoms with Gasteiger partial charge in [0.1, 0.15) is 0 Å². The van der Waals surface area contributed by atoms with Gasteiger partial charge >= 0.3 is 5.97 Å². The van der Waals surface area contributed by atoms with Gasteiger partial charge in [0, 0.05) is 3.57 Å². The molecular formula is C10H8INO3. The molecule has 0 saturated carbocycles. The van der Waals surface area contributed by atoms with Gasteiger partial charge in [-0.2, -0.15) is 0 Å². The molecule has 1 unspecified atom stereocenters. The molecule has 1 atom stereocenters. The summed E-state index contributed by atoms with van der Waals surface area (Å²) in [6.07, 6.45) is -0.154. The first-order chi connectivity index (χ1) is 7.09. The van der Waals surface area contributed by atoms with Gasteiger partial charge in [0.2, 0.25) is 5.91 Å². The lowest BCUT2D eigenvalue weighted by Gasteiger charge is -2.04. The number of amides is 1. The summed E-state index contributed by atoms with van der Waals surface area (Å²) < 4.78 is 0.936. The molecule has 15 heavy (non-hydrogen) atoms. The highest BCUT2D eigenvalue weighted by molar-refractivity contribution is 14.1. The number of halogens is 1. The molecule has 0 fully saturated rings.